The van der Waals surface area contributed by atoms with Gasteiger partial charge in [0.1, 0.15) is 0 Å². The van der Waals surface area contributed by atoms with E-state index < -0.39 is 0 Å². The van der Waals surface area contributed by atoms with Gasteiger partial charge >= 0.3 is 0 Å². The first-order valence-corrected chi connectivity index (χ1v) is 6.16. The number of nitrogens with two attached hydrogens (primary N) is 1. The minimum absolute atomic E-state index is 0.717. The summed E-state index contributed by atoms with van der Waals surface area (Å²) in [5.74, 6) is 1.45. The molecule has 0 heterocycles. The minimum Gasteiger partial charge on any atom is -0.381 e. The van der Waals surface area contributed by atoms with Crippen molar-refractivity contribution >= 4 is 0 Å². The van der Waals surface area contributed by atoms with E-state index in [1.807, 2.05) is 0 Å². The van der Waals surface area contributed by atoms with Gasteiger partial charge in [-0.25, -0.2) is 0 Å². The lowest BCUT2D eigenvalue weighted by molar-refractivity contribution is 0.0753. The molecule has 2 heteroatoms. The fourth-order valence-corrected chi connectivity index (χ4v) is 2.37. The quantitative estimate of drug-likeness (QED) is 0.545. The van der Waals surface area contributed by atoms with Crippen molar-refractivity contribution in [2.45, 2.75) is 45.4 Å². The summed E-state index contributed by atoms with van der Waals surface area (Å²) in [7, 11) is 0. The Morgan fingerprint density at radius 3 is 2.50 bits per heavy atom. The molecule has 0 amide bonds. The van der Waals surface area contributed by atoms with Gasteiger partial charge in [-0.05, 0) is 37.6 Å². The van der Waals surface area contributed by atoms with Crippen LogP contribution in [0.4, 0.5) is 0 Å². The Labute approximate surface area is 88.2 Å². The molecule has 1 aliphatic rings. The predicted octanol–water partition coefficient (Wildman–Crippen LogP) is 2.57. The van der Waals surface area contributed by atoms with E-state index >= 15 is 0 Å². The Kier molecular flexibility index (Phi) is 6.20. The highest BCUT2D eigenvalue weighted by molar-refractivity contribution is 4.74. The summed E-state index contributed by atoms with van der Waals surface area (Å²) in [6, 6.07) is 0. The van der Waals surface area contributed by atoms with Crippen molar-refractivity contribution in [3.8, 4) is 0 Å². The lowest BCUT2D eigenvalue weighted by Crippen LogP contribution is -2.26. The van der Waals surface area contributed by atoms with E-state index in [0.717, 1.165) is 32.1 Å². The molecule has 0 radical (unpaired) electrons. The molecule has 2 atom stereocenters. The predicted molar refractivity (Wildman–Crippen MR) is 60.2 cm³/mol. The van der Waals surface area contributed by atoms with Crippen LogP contribution in [0.25, 0.3) is 0 Å². The molecule has 2 N–H and O–H groups in total. The van der Waals surface area contributed by atoms with Crippen LogP contribution in [-0.4, -0.2) is 19.8 Å². The van der Waals surface area contributed by atoms with Gasteiger partial charge in [0.05, 0.1) is 0 Å². The van der Waals surface area contributed by atoms with Gasteiger partial charge < -0.3 is 10.5 Å². The second-order valence-corrected chi connectivity index (χ2v) is 4.47. The second kappa shape index (κ2) is 7.24. The van der Waals surface area contributed by atoms with Crippen molar-refractivity contribution in [2.75, 3.05) is 19.8 Å². The van der Waals surface area contributed by atoms with Gasteiger partial charge in [-0.1, -0.05) is 26.2 Å². The maximum absolute atomic E-state index is 5.81. The average Bonchev–Trinajstić information content (AvgIpc) is 2.43. The first-order chi connectivity index (χ1) is 6.88. The largest absolute Gasteiger partial charge is 0.381 e. The standard InChI is InChI=1S/C12H25NO/c1-2-8-14-10-12-7-5-3-4-6-11(12)9-13/h11-12H,2-10,13H2,1H3. The van der Waals surface area contributed by atoms with Gasteiger partial charge in [0.25, 0.3) is 0 Å². The maximum atomic E-state index is 5.81. The van der Waals surface area contributed by atoms with Gasteiger partial charge in [0.2, 0.25) is 0 Å². The monoisotopic (exact) mass is 199 g/mol. The SMILES string of the molecule is CCCOCC1CCCCCC1CN. The van der Waals surface area contributed by atoms with Gasteiger partial charge in [0.15, 0.2) is 0 Å². The molecule has 1 fully saturated rings. The molecule has 0 aliphatic heterocycles. The molecule has 0 saturated heterocycles. The van der Waals surface area contributed by atoms with Crippen LogP contribution in [0.3, 0.4) is 0 Å². The fourth-order valence-electron chi connectivity index (χ4n) is 2.37. The molecule has 0 aromatic carbocycles. The molecule has 0 aromatic heterocycles. The van der Waals surface area contributed by atoms with Crippen LogP contribution >= 0.6 is 0 Å². The van der Waals surface area contributed by atoms with E-state index in [4.69, 9.17) is 10.5 Å². The van der Waals surface area contributed by atoms with E-state index in [2.05, 4.69) is 6.92 Å². The summed E-state index contributed by atoms with van der Waals surface area (Å²) in [4.78, 5) is 0. The summed E-state index contributed by atoms with van der Waals surface area (Å²) < 4.78 is 5.65. The lowest BCUT2D eigenvalue weighted by atomic mass is 9.89. The van der Waals surface area contributed by atoms with E-state index in [9.17, 15) is 0 Å². The highest BCUT2D eigenvalue weighted by atomic mass is 16.5. The number of ether oxygens (including phenoxy) is 1. The van der Waals surface area contributed by atoms with Crippen LogP contribution in [0.1, 0.15) is 45.4 Å². The number of hydrogen-bond acceptors (Lipinski definition) is 2. The van der Waals surface area contributed by atoms with Crippen LogP contribution in [0.15, 0.2) is 0 Å². The third kappa shape index (κ3) is 3.97. The summed E-state index contributed by atoms with van der Waals surface area (Å²) in [5, 5.41) is 0. The molecule has 2 nitrogen and oxygen atoms in total. The van der Waals surface area contributed by atoms with E-state index in [1.165, 1.54) is 32.1 Å². The minimum atomic E-state index is 0.717. The fraction of sp³-hybridized carbons (Fsp3) is 1.00. The van der Waals surface area contributed by atoms with Crippen LogP contribution < -0.4 is 5.73 Å². The first kappa shape index (κ1) is 12.0. The lowest BCUT2D eigenvalue weighted by Gasteiger charge is -2.23. The second-order valence-electron chi connectivity index (χ2n) is 4.47. The Balaban J connectivity index is 2.28. The van der Waals surface area contributed by atoms with E-state index in [-0.39, 0.29) is 0 Å². The highest BCUT2D eigenvalue weighted by Gasteiger charge is 2.22. The normalized spacial score (nSPS) is 28.7. The Morgan fingerprint density at radius 1 is 1.14 bits per heavy atom. The zero-order valence-corrected chi connectivity index (χ0v) is 9.50. The Bertz CT molecular complexity index is 138. The zero-order valence-electron chi connectivity index (χ0n) is 9.50. The molecular weight excluding hydrogens is 174 g/mol. The molecule has 0 aromatic rings. The highest BCUT2D eigenvalue weighted by Crippen LogP contribution is 2.28. The Hall–Kier alpha value is -0.0800. The van der Waals surface area contributed by atoms with Gasteiger partial charge in [-0.2, -0.15) is 0 Å². The van der Waals surface area contributed by atoms with Crippen LogP contribution in [0.5, 0.6) is 0 Å². The molecular formula is C12H25NO. The van der Waals surface area contributed by atoms with Crippen LogP contribution in [-0.2, 0) is 4.74 Å². The Morgan fingerprint density at radius 2 is 1.86 bits per heavy atom. The van der Waals surface area contributed by atoms with Gasteiger partial charge in [-0.3, -0.25) is 0 Å². The van der Waals surface area contributed by atoms with Gasteiger partial charge in [-0.15, -0.1) is 0 Å². The first-order valence-electron chi connectivity index (χ1n) is 6.16. The molecule has 84 valence electrons. The summed E-state index contributed by atoms with van der Waals surface area (Å²) in [6.07, 6.45) is 7.89. The molecule has 14 heavy (non-hydrogen) atoms. The molecule has 1 aliphatic carbocycles. The summed E-state index contributed by atoms with van der Waals surface area (Å²) in [5.41, 5.74) is 5.81. The van der Waals surface area contributed by atoms with Crippen molar-refractivity contribution in [1.82, 2.24) is 0 Å². The molecule has 0 spiro atoms. The van der Waals surface area contributed by atoms with Crippen molar-refractivity contribution in [3.63, 3.8) is 0 Å². The average molecular weight is 199 g/mol. The van der Waals surface area contributed by atoms with Crippen molar-refractivity contribution in [2.24, 2.45) is 17.6 Å². The smallest absolute Gasteiger partial charge is 0.0497 e. The molecule has 2 unspecified atom stereocenters. The number of rotatable bonds is 5. The number of hydrogen-bond donors (Lipinski definition) is 1. The molecule has 0 bridgehead atoms. The van der Waals surface area contributed by atoms with Crippen LogP contribution in [0.2, 0.25) is 0 Å². The summed E-state index contributed by atoms with van der Waals surface area (Å²) in [6.45, 7) is 4.86. The van der Waals surface area contributed by atoms with Gasteiger partial charge in [0, 0.05) is 13.2 Å². The maximum Gasteiger partial charge on any atom is 0.0497 e. The van der Waals surface area contributed by atoms with E-state index in [1.54, 1.807) is 0 Å². The zero-order chi connectivity index (χ0) is 10.2. The third-order valence-corrected chi connectivity index (χ3v) is 3.30. The molecule has 1 saturated carbocycles. The topological polar surface area (TPSA) is 35.2 Å². The van der Waals surface area contributed by atoms with E-state index in [0.29, 0.717) is 5.92 Å². The molecule has 1 rings (SSSR count). The van der Waals surface area contributed by atoms with Crippen molar-refractivity contribution < 1.29 is 4.74 Å². The van der Waals surface area contributed by atoms with Crippen molar-refractivity contribution in [1.29, 1.82) is 0 Å². The van der Waals surface area contributed by atoms with Crippen molar-refractivity contribution in [3.05, 3.63) is 0 Å². The van der Waals surface area contributed by atoms with Crippen LogP contribution in [0, 0.1) is 11.8 Å². The third-order valence-electron chi connectivity index (χ3n) is 3.30. The summed E-state index contributed by atoms with van der Waals surface area (Å²) >= 11 is 0.